The Morgan fingerprint density at radius 3 is 2.61 bits per heavy atom. The predicted molar refractivity (Wildman–Crippen MR) is 101 cm³/mol. The fraction of sp³-hybridized carbons (Fsp3) is 0.579. The monoisotopic (exact) mass is 394 g/mol. The number of carbonyl (C=O) groups is 2. The third-order valence-electron chi connectivity index (χ3n) is 4.74. The first-order valence-corrected chi connectivity index (χ1v) is 9.38. The van der Waals surface area contributed by atoms with Gasteiger partial charge >= 0.3 is 5.97 Å². The Bertz CT molecular complexity index is 735. The number of nitrogens with zero attached hydrogens (tertiary/aromatic N) is 2. The molecule has 1 amide bonds. The molecule has 1 fully saturated rings. The molecule has 28 heavy (non-hydrogen) atoms. The molecule has 0 saturated carbocycles. The third kappa shape index (κ3) is 4.90. The van der Waals surface area contributed by atoms with Gasteiger partial charge in [-0.3, -0.25) is 14.9 Å². The van der Waals surface area contributed by atoms with Gasteiger partial charge in [0.2, 0.25) is 0 Å². The van der Waals surface area contributed by atoms with Crippen molar-refractivity contribution in [1.29, 1.82) is 0 Å². The van der Waals surface area contributed by atoms with Gasteiger partial charge in [-0.25, -0.2) is 4.79 Å². The Hall–Kier alpha value is -2.84. The van der Waals surface area contributed by atoms with Crippen molar-refractivity contribution in [2.45, 2.75) is 45.6 Å². The summed E-state index contributed by atoms with van der Waals surface area (Å²) in [5.41, 5.74) is -0.755. The molecule has 1 aliphatic rings. The molecule has 1 saturated heterocycles. The lowest BCUT2D eigenvalue weighted by Gasteiger charge is -2.35. The number of ether oxygens (including phenoxy) is 3. The summed E-state index contributed by atoms with van der Waals surface area (Å²) in [5.74, 6) is -0.911. The van der Waals surface area contributed by atoms with E-state index in [4.69, 9.17) is 14.2 Å². The summed E-state index contributed by atoms with van der Waals surface area (Å²) in [7, 11) is 1.35. The van der Waals surface area contributed by atoms with E-state index in [0.717, 1.165) is 31.7 Å². The number of hydrogen-bond donors (Lipinski definition) is 0. The van der Waals surface area contributed by atoms with Crippen molar-refractivity contribution in [2.75, 3.05) is 26.9 Å². The number of rotatable bonds is 8. The van der Waals surface area contributed by atoms with Crippen LogP contribution in [0.2, 0.25) is 0 Å². The first kappa shape index (κ1) is 21.5. The second-order valence-corrected chi connectivity index (χ2v) is 6.43. The second kappa shape index (κ2) is 9.91. The molecular formula is C19H26N2O7. The number of esters is 1. The second-order valence-electron chi connectivity index (χ2n) is 6.43. The summed E-state index contributed by atoms with van der Waals surface area (Å²) >= 11 is 0. The maximum absolute atomic E-state index is 12.5. The van der Waals surface area contributed by atoms with E-state index in [1.54, 1.807) is 11.8 Å². The van der Waals surface area contributed by atoms with Gasteiger partial charge in [0.05, 0.1) is 24.7 Å². The van der Waals surface area contributed by atoms with Crippen molar-refractivity contribution < 1.29 is 28.7 Å². The molecule has 0 unspecified atom stereocenters. The van der Waals surface area contributed by atoms with Crippen LogP contribution < -0.4 is 9.47 Å². The number of methoxy groups -OCH3 is 1. The largest absolute Gasteiger partial charge is 0.493 e. The van der Waals surface area contributed by atoms with Crippen LogP contribution >= 0.6 is 0 Å². The summed E-state index contributed by atoms with van der Waals surface area (Å²) in [6.45, 7) is 4.21. The summed E-state index contributed by atoms with van der Waals surface area (Å²) in [6.07, 6.45) is 3.75. The van der Waals surface area contributed by atoms with Crippen LogP contribution in [0.5, 0.6) is 11.5 Å². The summed E-state index contributed by atoms with van der Waals surface area (Å²) < 4.78 is 15.6. The number of benzene rings is 1. The molecule has 9 nitrogen and oxygen atoms in total. The first-order chi connectivity index (χ1) is 13.4. The van der Waals surface area contributed by atoms with Crippen LogP contribution in [-0.2, 0) is 9.53 Å². The van der Waals surface area contributed by atoms with Crippen LogP contribution in [0.1, 0.15) is 49.9 Å². The van der Waals surface area contributed by atoms with Gasteiger partial charge in [0.1, 0.15) is 5.56 Å². The van der Waals surface area contributed by atoms with Gasteiger partial charge in [0, 0.05) is 18.7 Å². The fourth-order valence-corrected chi connectivity index (χ4v) is 3.33. The zero-order valence-corrected chi connectivity index (χ0v) is 16.4. The van der Waals surface area contributed by atoms with Gasteiger partial charge in [-0.15, -0.1) is 0 Å². The summed E-state index contributed by atoms with van der Waals surface area (Å²) in [5, 5.41) is 11.4. The highest BCUT2D eigenvalue weighted by molar-refractivity contribution is 5.96. The molecule has 0 spiro atoms. The van der Waals surface area contributed by atoms with E-state index in [0.29, 0.717) is 6.54 Å². The van der Waals surface area contributed by atoms with Crippen molar-refractivity contribution in [3.8, 4) is 11.5 Å². The van der Waals surface area contributed by atoms with E-state index in [9.17, 15) is 19.7 Å². The standard InChI is InChI=1S/C19H26N2O7/c1-4-13-8-6-7-9-20(13)18(22)12-28-19(23)14-10-17(27-5-2)16(26-3)11-15(14)21(24)25/h10-11,13H,4-9,12H2,1-3H3/t13-/m1/s1. The molecule has 0 bridgehead atoms. The van der Waals surface area contributed by atoms with Gasteiger partial charge in [0.15, 0.2) is 18.1 Å². The average Bonchev–Trinajstić information content (AvgIpc) is 2.71. The lowest BCUT2D eigenvalue weighted by molar-refractivity contribution is -0.385. The molecular weight excluding hydrogens is 368 g/mol. The van der Waals surface area contributed by atoms with Crippen molar-refractivity contribution in [3.63, 3.8) is 0 Å². The van der Waals surface area contributed by atoms with Crippen LogP contribution in [-0.4, -0.2) is 54.6 Å². The van der Waals surface area contributed by atoms with E-state index >= 15 is 0 Å². The lowest BCUT2D eigenvalue weighted by atomic mass is 10.00. The van der Waals surface area contributed by atoms with Gasteiger partial charge in [-0.2, -0.15) is 0 Å². The number of hydrogen-bond acceptors (Lipinski definition) is 7. The van der Waals surface area contributed by atoms with Crippen molar-refractivity contribution in [2.24, 2.45) is 0 Å². The molecule has 0 aromatic heterocycles. The number of amides is 1. The highest BCUT2D eigenvalue weighted by atomic mass is 16.6. The molecule has 1 aromatic rings. The molecule has 1 heterocycles. The Labute approximate surface area is 163 Å². The van der Waals surface area contributed by atoms with Gasteiger partial charge < -0.3 is 19.1 Å². The van der Waals surface area contributed by atoms with Crippen LogP contribution in [0.25, 0.3) is 0 Å². The Kier molecular flexibility index (Phi) is 7.60. The highest BCUT2D eigenvalue weighted by Gasteiger charge is 2.29. The summed E-state index contributed by atoms with van der Waals surface area (Å²) in [4.78, 5) is 37.3. The minimum Gasteiger partial charge on any atom is -0.493 e. The van der Waals surface area contributed by atoms with Crippen LogP contribution in [0.3, 0.4) is 0 Å². The number of likely N-dealkylation sites (tertiary alicyclic amines) is 1. The van der Waals surface area contributed by atoms with Crippen molar-refractivity contribution in [1.82, 2.24) is 4.90 Å². The average molecular weight is 394 g/mol. The molecule has 154 valence electrons. The van der Waals surface area contributed by atoms with Gasteiger partial charge in [0.25, 0.3) is 11.6 Å². The van der Waals surface area contributed by atoms with E-state index in [1.165, 1.54) is 13.2 Å². The van der Waals surface area contributed by atoms with E-state index in [1.807, 2.05) is 6.92 Å². The van der Waals surface area contributed by atoms with Crippen LogP contribution in [0.15, 0.2) is 12.1 Å². The zero-order valence-electron chi connectivity index (χ0n) is 16.4. The highest BCUT2D eigenvalue weighted by Crippen LogP contribution is 2.35. The maximum Gasteiger partial charge on any atom is 0.345 e. The molecule has 1 atom stereocenters. The van der Waals surface area contributed by atoms with Crippen LogP contribution in [0.4, 0.5) is 5.69 Å². The number of carbonyl (C=O) groups excluding carboxylic acids is 2. The number of nitro groups is 1. The topological polar surface area (TPSA) is 108 Å². The van der Waals surface area contributed by atoms with E-state index in [-0.39, 0.29) is 35.6 Å². The fourth-order valence-electron chi connectivity index (χ4n) is 3.33. The SMILES string of the molecule is CCOc1cc(C(=O)OCC(=O)N2CCCC[C@H]2CC)c([N+](=O)[O-])cc1OC. The predicted octanol–water partition coefficient (Wildman–Crippen LogP) is 2.95. The molecule has 2 rings (SSSR count). The van der Waals surface area contributed by atoms with Gasteiger partial charge in [-0.1, -0.05) is 6.92 Å². The van der Waals surface area contributed by atoms with Crippen molar-refractivity contribution in [3.05, 3.63) is 27.8 Å². The quantitative estimate of drug-likeness (QED) is 0.379. The molecule has 0 aliphatic carbocycles. The third-order valence-corrected chi connectivity index (χ3v) is 4.74. The molecule has 9 heteroatoms. The zero-order chi connectivity index (χ0) is 20.7. The minimum absolute atomic E-state index is 0.139. The van der Waals surface area contributed by atoms with Crippen molar-refractivity contribution >= 4 is 17.6 Å². The van der Waals surface area contributed by atoms with E-state index in [2.05, 4.69) is 0 Å². The minimum atomic E-state index is -0.950. The Morgan fingerprint density at radius 2 is 2.00 bits per heavy atom. The maximum atomic E-state index is 12.5. The van der Waals surface area contributed by atoms with E-state index < -0.39 is 23.2 Å². The Morgan fingerprint density at radius 1 is 1.25 bits per heavy atom. The summed E-state index contributed by atoms with van der Waals surface area (Å²) in [6, 6.07) is 2.46. The lowest BCUT2D eigenvalue weighted by Crippen LogP contribution is -2.45. The number of piperidine rings is 1. The Balaban J connectivity index is 2.17. The smallest absolute Gasteiger partial charge is 0.345 e. The molecule has 1 aromatic carbocycles. The molecule has 0 N–H and O–H groups in total. The molecule has 0 radical (unpaired) electrons. The number of nitro benzene ring substituents is 1. The van der Waals surface area contributed by atoms with Gasteiger partial charge in [-0.05, 0) is 32.6 Å². The normalized spacial score (nSPS) is 16.4. The molecule has 1 aliphatic heterocycles. The first-order valence-electron chi connectivity index (χ1n) is 9.38. The van der Waals surface area contributed by atoms with Crippen LogP contribution in [0, 0.1) is 10.1 Å².